The lowest BCUT2D eigenvalue weighted by Gasteiger charge is -2.34. The van der Waals surface area contributed by atoms with E-state index in [1.54, 1.807) is 24.3 Å². The Balaban J connectivity index is 1.81. The van der Waals surface area contributed by atoms with E-state index < -0.39 is 18.2 Å². The number of carbonyl (C=O) groups is 1. The van der Waals surface area contributed by atoms with Crippen molar-refractivity contribution in [3.05, 3.63) is 35.4 Å². The van der Waals surface area contributed by atoms with Crippen LogP contribution in [0.25, 0.3) is 0 Å². The monoisotopic (exact) mass is 360 g/mol. The van der Waals surface area contributed by atoms with Crippen LogP contribution in [0.3, 0.4) is 0 Å². The van der Waals surface area contributed by atoms with Gasteiger partial charge in [0.2, 0.25) is 5.91 Å². The lowest BCUT2D eigenvalue weighted by molar-refractivity contribution is -0.176. The first-order valence-corrected chi connectivity index (χ1v) is 8.13. The first kappa shape index (κ1) is 19.7. The molecule has 0 aliphatic carbocycles. The van der Waals surface area contributed by atoms with E-state index >= 15 is 0 Å². The fraction of sp³-hybridized carbons (Fsp3) is 0.588. The summed E-state index contributed by atoms with van der Waals surface area (Å²) < 4.78 is 46.0. The molecule has 8 heteroatoms. The van der Waals surface area contributed by atoms with Gasteiger partial charge in [0.05, 0.1) is 12.0 Å². The predicted octanol–water partition coefficient (Wildman–Crippen LogP) is 2.14. The summed E-state index contributed by atoms with van der Waals surface area (Å²) in [6, 6.07) is 6.88. The average Bonchev–Trinajstić information content (AvgIpc) is 2.60. The van der Waals surface area contributed by atoms with Crippen molar-refractivity contribution in [2.45, 2.75) is 32.2 Å². The van der Waals surface area contributed by atoms with E-state index in [1.807, 2.05) is 0 Å². The van der Waals surface area contributed by atoms with Gasteiger partial charge in [0.1, 0.15) is 6.61 Å². The number of alkyl halides is 3. The van der Waals surface area contributed by atoms with Crippen LogP contribution < -0.4 is 11.1 Å². The SMILES string of the molecule is NCC1(C(=O)NCc2ccc(COCC(F)(F)F)cc2)CCOCC1. The van der Waals surface area contributed by atoms with Crippen LogP contribution in [0.2, 0.25) is 0 Å². The summed E-state index contributed by atoms with van der Waals surface area (Å²) in [4.78, 5) is 12.5. The smallest absolute Gasteiger partial charge is 0.381 e. The van der Waals surface area contributed by atoms with Crippen molar-refractivity contribution in [2.24, 2.45) is 11.1 Å². The van der Waals surface area contributed by atoms with Gasteiger partial charge in [0.25, 0.3) is 0 Å². The van der Waals surface area contributed by atoms with E-state index in [1.165, 1.54) is 0 Å². The van der Waals surface area contributed by atoms with Gasteiger partial charge >= 0.3 is 6.18 Å². The Morgan fingerprint density at radius 1 is 1.20 bits per heavy atom. The molecule has 0 aromatic heterocycles. The number of carbonyl (C=O) groups excluding carboxylic acids is 1. The Labute approximate surface area is 144 Å². The molecule has 3 N–H and O–H groups in total. The Morgan fingerprint density at radius 2 is 1.80 bits per heavy atom. The molecule has 0 bridgehead atoms. The van der Waals surface area contributed by atoms with Gasteiger partial charge < -0.3 is 20.5 Å². The van der Waals surface area contributed by atoms with Crippen molar-refractivity contribution in [3.8, 4) is 0 Å². The van der Waals surface area contributed by atoms with E-state index in [0.29, 0.717) is 38.2 Å². The Hall–Kier alpha value is -1.64. The van der Waals surface area contributed by atoms with E-state index in [9.17, 15) is 18.0 Å². The van der Waals surface area contributed by atoms with Gasteiger partial charge in [-0.1, -0.05) is 24.3 Å². The zero-order valence-electron chi connectivity index (χ0n) is 13.9. The minimum Gasteiger partial charge on any atom is -0.381 e. The van der Waals surface area contributed by atoms with Crippen LogP contribution in [0.1, 0.15) is 24.0 Å². The Morgan fingerprint density at radius 3 is 2.36 bits per heavy atom. The number of nitrogens with two attached hydrogens (primary N) is 1. The van der Waals surface area contributed by atoms with Crippen LogP contribution in [-0.2, 0) is 27.4 Å². The molecule has 1 aromatic rings. The second-order valence-electron chi connectivity index (χ2n) is 6.20. The van der Waals surface area contributed by atoms with Crippen LogP contribution in [0.5, 0.6) is 0 Å². The quantitative estimate of drug-likeness (QED) is 0.781. The van der Waals surface area contributed by atoms with Gasteiger partial charge in [-0.2, -0.15) is 13.2 Å². The molecule has 0 radical (unpaired) electrons. The Bertz CT molecular complexity index is 555. The van der Waals surface area contributed by atoms with Crippen molar-refractivity contribution < 1.29 is 27.4 Å². The maximum atomic E-state index is 12.5. The van der Waals surface area contributed by atoms with Crippen molar-refractivity contribution in [3.63, 3.8) is 0 Å². The molecule has 1 amide bonds. The molecule has 0 spiro atoms. The van der Waals surface area contributed by atoms with Gasteiger partial charge in [0.15, 0.2) is 0 Å². The molecule has 1 aliphatic heterocycles. The van der Waals surface area contributed by atoms with Crippen LogP contribution in [-0.4, -0.2) is 38.4 Å². The summed E-state index contributed by atoms with van der Waals surface area (Å²) in [5.41, 5.74) is 6.71. The molecule has 1 saturated heterocycles. The van der Waals surface area contributed by atoms with Gasteiger partial charge in [-0.05, 0) is 24.0 Å². The summed E-state index contributed by atoms with van der Waals surface area (Å²) >= 11 is 0. The fourth-order valence-corrected chi connectivity index (χ4v) is 2.69. The fourth-order valence-electron chi connectivity index (χ4n) is 2.69. The summed E-state index contributed by atoms with van der Waals surface area (Å²) in [6.07, 6.45) is -3.12. The molecule has 1 aromatic carbocycles. The highest BCUT2D eigenvalue weighted by Crippen LogP contribution is 2.29. The molecule has 5 nitrogen and oxygen atoms in total. The summed E-state index contributed by atoms with van der Waals surface area (Å²) in [5.74, 6) is -0.0871. The number of nitrogens with one attached hydrogen (secondary N) is 1. The molecular weight excluding hydrogens is 337 g/mol. The number of benzene rings is 1. The minimum absolute atomic E-state index is 0.0871. The zero-order chi connectivity index (χ0) is 18.3. The highest BCUT2D eigenvalue weighted by Gasteiger charge is 2.38. The number of amides is 1. The van der Waals surface area contributed by atoms with Gasteiger partial charge in [-0.15, -0.1) is 0 Å². The number of halogens is 3. The second-order valence-corrected chi connectivity index (χ2v) is 6.20. The molecule has 0 unspecified atom stereocenters. The third-order valence-corrected chi connectivity index (χ3v) is 4.33. The van der Waals surface area contributed by atoms with Crippen LogP contribution >= 0.6 is 0 Å². The third-order valence-electron chi connectivity index (χ3n) is 4.33. The lowest BCUT2D eigenvalue weighted by atomic mass is 9.79. The van der Waals surface area contributed by atoms with E-state index in [0.717, 1.165) is 5.56 Å². The van der Waals surface area contributed by atoms with Crippen molar-refractivity contribution in [1.29, 1.82) is 0 Å². The number of rotatable bonds is 7. The third kappa shape index (κ3) is 5.98. The molecule has 1 heterocycles. The topological polar surface area (TPSA) is 73.6 Å². The van der Waals surface area contributed by atoms with Gasteiger partial charge in [0, 0.05) is 26.3 Å². The van der Waals surface area contributed by atoms with Gasteiger partial charge in [-0.25, -0.2) is 0 Å². The first-order chi connectivity index (χ1) is 11.8. The van der Waals surface area contributed by atoms with Crippen LogP contribution in [0, 0.1) is 5.41 Å². The van der Waals surface area contributed by atoms with Gasteiger partial charge in [-0.3, -0.25) is 4.79 Å². The normalized spacial score (nSPS) is 17.3. The largest absolute Gasteiger partial charge is 0.411 e. The van der Waals surface area contributed by atoms with Crippen molar-refractivity contribution >= 4 is 5.91 Å². The van der Waals surface area contributed by atoms with Crippen LogP contribution in [0.15, 0.2) is 24.3 Å². The molecule has 25 heavy (non-hydrogen) atoms. The molecule has 0 saturated carbocycles. The summed E-state index contributed by atoms with van der Waals surface area (Å²) in [5, 5.41) is 2.89. The molecule has 1 fully saturated rings. The molecule has 140 valence electrons. The first-order valence-electron chi connectivity index (χ1n) is 8.13. The standard InChI is InChI=1S/C17H23F3N2O3/c18-17(19,20)12-25-10-14-3-1-13(2-4-14)9-22-15(23)16(11-21)5-7-24-8-6-16/h1-4H,5-12,21H2,(H,22,23). The zero-order valence-corrected chi connectivity index (χ0v) is 13.9. The minimum atomic E-state index is -4.33. The number of hydrogen-bond acceptors (Lipinski definition) is 4. The van der Waals surface area contributed by atoms with E-state index in [2.05, 4.69) is 10.1 Å². The molecule has 0 atom stereocenters. The lowest BCUT2D eigenvalue weighted by Crippen LogP contribution is -2.48. The highest BCUT2D eigenvalue weighted by atomic mass is 19.4. The highest BCUT2D eigenvalue weighted by molar-refractivity contribution is 5.83. The number of hydrogen-bond donors (Lipinski definition) is 2. The van der Waals surface area contributed by atoms with E-state index in [-0.39, 0.29) is 19.1 Å². The molecule has 1 aliphatic rings. The maximum Gasteiger partial charge on any atom is 0.411 e. The maximum absolute atomic E-state index is 12.5. The van der Waals surface area contributed by atoms with Crippen molar-refractivity contribution in [2.75, 3.05) is 26.4 Å². The second kappa shape index (κ2) is 8.64. The molecular formula is C17H23F3N2O3. The van der Waals surface area contributed by atoms with Crippen molar-refractivity contribution in [1.82, 2.24) is 5.32 Å². The summed E-state index contributed by atoms with van der Waals surface area (Å²) in [6.45, 7) is 0.287. The van der Waals surface area contributed by atoms with E-state index in [4.69, 9.17) is 10.5 Å². The molecule has 2 rings (SSSR count). The summed E-state index contributed by atoms with van der Waals surface area (Å²) in [7, 11) is 0. The Kier molecular flexibility index (Phi) is 6.80. The number of ether oxygens (including phenoxy) is 2. The average molecular weight is 360 g/mol. The predicted molar refractivity (Wildman–Crippen MR) is 85.5 cm³/mol. The van der Waals surface area contributed by atoms with Crippen LogP contribution in [0.4, 0.5) is 13.2 Å².